The first-order valence-corrected chi connectivity index (χ1v) is 8.12. The van der Waals surface area contributed by atoms with Gasteiger partial charge in [-0.15, -0.1) is 0 Å². The molecule has 0 spiro atoms. The maximum atomic E-state index is 12.8. The van der Waals surface area contributed by atoms with Crippen molar-refractivity contribution in [2.45, 2.75) is 12.5 Å². The molecule has 1 aliphatic rings. The molecule has 0 saturated carbocycles. The van der Waals surface area contributed by atoms with Gasteiger partial charge in [0, 0.05) is 43.3 Å². The number of hydrogen-bond acceptors (Lipinski definition) is 5. The summed E-state index contributed by atoms with van der Waals surface area (Å²) in [4.78, 5) is 22.7. The first-order valence-electron chi connectivity index (χ1n) is 8.12. The van der Waals surface area contributed by atoms with E-state index in [4.69, 9.17) is 4.74 Å². The number of likely N-dealkylation sites (tertiary alicyclic amines) is 1. The molecule has 0 bridgehead atoms. The van der Waals surface area contributed by atoms with Gasteiger partial charge in [0.25, 0.3) is 5.91 Å². The molecule has 7 heteroatoms. The first kappa shape index (κ1) is 15.3. The second-order valence-corrected chi connectivity index (χ2v) is 5.81. The molecule has 4 rings (SSSR count). The van der Waals surface area contributed by atoms with Gasteiger partial charge in [-0.3, -0.25) is 4.79 Å². The van der Waals surface area contributed by atoms with E-state index >= 15 is 0 Å². The normalized spacial score (nSPS) is 16.8. The summed E-state index contributed by atoms with van der Waals surface area (Å²) in [6.45, 7) is 1.19. The molecule has 126 valence electrons. The molecule has 1 saturated heterocycles. The Kier molecular flexibility index (Phi) is 4.12. The molecule has 0 N–H and O–H groups in total. The van der Waals surface area contributed by atoms with Crippen molar-refractivity contribution >= 4 is 5.91 Å². The lowest BCUT2D eigenvalue weighted by Crippen LogP contribution is -2.31. The predicted molar refractivity (Wildman–Crippen MR) is 90.5 cm³/mol. The topological polar surface area (TPSA) is 73.1 Å². The molecule has 1 amide bonds. The Hall–Kier alpha value is -3.22. The SMILES string of the molecule is O=C(c1cccc(-n2cccn2)c1)N1CC[C@@H](Oc2ncccn2)C1. The molecule has 3 aromatic rings. The molecule has 1 fully saturated rings. The van der Waals surface area contributed by atoms with Crippen LogP contribution < -0.4 is 4.74 Å². The summed E-state index contributed by atoms with van der Waals surface area (Å²) in [6, 6.07) is 11.4. The predicted octanol–water partition coefficient (Wildman–Crippen LogP) is 1.96. The van der Waals surface area contributed by atoms with Gasteiger partial charge in [-0.25, -0.2) is 14.6 Å². The summed E-state index contributed by atoms with van der Waals surface area (Å²) < 4.78 is 7.48. The lowest BCUT2D eigenvalue weighted by atomic mass is 10.2. The molecule has 0 aliphatic carbocycles. The van der Waals surface area contributed by atoms with Crippen molar-refractivity contribution in [2.24, 2.45) is 0 Å². The number of ether oxygens (including phenoxy) is 1. The quantitative estimate of drug-likeness (QED) is 0.729. The third-order valence-corrected chi connectivity index (χ3v) is 4.11. The van der Waals surface area contributed by atoms with E-state index in [1.807, 2.05) is 36.5 Å². The fraction of sp³-hybridized carbons (Fsp3) is 0.222. The zero-order valence-corrected chi connectivity index (χ0v) is 13.5. The van der Waals surface area contributed by atoms with E-state index in [-0.39, 0.29) is 12.0 Å². The van der Waals surface area contributed by atoms with Gasteiger partial charge in [-0.2, -0.15) is 5.10 Å². The van der Waals surface area contributed by atoms with E-state index in [1.165, 1.54) is 0 Å². The highest BCUT2D eigenvalue weighted by atomic mass is 16.5. The second-order valence-electron chi connectivity index (χ2n) is 5.81. The average Bonchev–Trinajstić information content (AvgIpc) is 3.34. The van der Waals surface area contributed by atoms with Gasteiger partial charge in [0.05, 0.1) is 12.2 Å². The van der Waals surface area contributed by atoms with E-state index in [9.17, 15) is 4.79 Å². The highest BCUT2D eigenvalue weighted by Gasteiger charge is 2.29. The average molecular weight is 335 g/mol. The number of benzene rings is 1. The van der Waals surface area contributed by atoms with Crippen LogP contribution in [0.3, 0.4) is 0 Å². The van der Waals surface area contributed by atoms with Gasteiger partial charge in [0.2, 0.25) is 0 Å². The van der Waals surface area contributed by atoms with Gasteiger partial charge < -0.3 is 9.64 Å². The molecule has 0 radical (unpaired) electrons. The number of carbonyl (C=O) groups is 1. The van der Waals surface area contributed by atoms with Crippen molar-refractivity contribution in [2.75, 3.05) is 13.1 Å². The van der Waals surface area contributed by atoms with Gasteiger partial charge >= 0.3 is 6.01 Å². The summed E-state index contributed by atoms with van der Waals surface area (Å²) in [5.74, 6) is -0.00548. The molecular formula is C18H17N5O2. The van der Waals surface area contributed by atoms with Crippen LogP contribution in [-0.4, -0.2) is 49.7 Å². The molecule has 3 heterocycles. The van der Waals surface area contributed by atoms with Crippen LogP contribution in [0.25, 0.3) is 5.69 Å². The molecular weight excluding hydrogens is 318 g/mol. The van der Waals surface area contributed by atoms with Crippen LogP contribution in [0.4, 0.5) is 0 Å². The van der Waals surface area contributed by atoms with Crippen LogP contribution in [0.2, 0.25) is 0 Å². The maximum Gasteiger partial charge on any atom is 0.316 e. The second kappa shape index (κ2) is 6.72. The van der Waals surface area contributed by atoms with Gasteiger partial charge in [-0.1, -0.05) is 6.07 Å². The summed E-state index contributed by atoms with van der Waals surface area (Å²) in [5.41, 5.74) is 1.50. The van der Waals surface area contributed by atoms with Crippen molar-refractivity contribution < 1.29 is 9.53 Å². The largest absolute Gasteiger partial charge is 0.458 e. The van der Waals surface area contributed by atoms with E-state index in [0.717, 1.165) is 12.1 Å². The Morgan fingerprint density at radius 1 is 1.12 bits per heavy atom. The fourth-order valence-electron chi connectivity index (χ4n) is 2.89. The Morgan fingerprint density at radius 3 is 2.80 bits per heavy atom. The van der Waals surface area contributed by atoms with Gasteiger partial charge in [0.1, 0.15) is 6.10 Å². The van der Waals surface area contributed by atoms with Crippen LogP contribution in [0, 0.1) is 0 Å². The monoisotopic (exact) mass is 335 g/mol. The number of nitrogens with zero attached hydrogens (tertiary/aromatic N) is 5. The van der Waals surface area contributed by atoms with Crippen molar-refractivity contribution in [1.82, 2.24) is 24.6 Å². The summed E-state index contributed by atoms with van der Waals surface area (Å²) in [7, 11) is 0. The Labute approximate surface area is 144 Å². The summed E-state index contributed by atoms with van der Waals surface area (Å²) in [6.07, 6.45) is 7.52. The Balaban J connectivity index is 1.44. The Bertz CT molecular complexity index is 851. The van der Waals surface area contributed by atoms with E-state index < -0.39 is 0 Å². The molecule has 25 heavy (non-hydrogen) atoms. The lowest BCUT2D eigenvalue weighted by molar-refractivity contribution is 0.0769. The van der Waals surface area contributed by atoms with Crippen LogP contribution in [0.1, 0.15) is 16.8 Å². The first-order chi connectivity index (χ1) is 12.3. The fourth-order valence-corrected chi connectivity index (χ4v) is 2.89. The highest BCUT2D eigenvalue weighted by molar-refractivity contribution is 5.95. The minimum Gasteiger partial charge on any atom is -0.458 e. The highest BCUT2D eigenvalue weighted by Crippen LogP contribution is 2.18. The van der Waals surface area contributed by atoms with Crippen molar-refractivity contribution in [3.63, 3.8) is 0 Å². The van der Waals surface area contributed by atoms with Gasteiger partial charge in [-0.05, 0) is 30.3 Å². The van der Waals surface area contributed by atoms with Crippen molar-refractivity contribution in [3.8, 4) is 11.7 Å². The van der Waals surface area contributed by atoms with Crippen molar-refractivity contribution in [1.29, 1.82) is 0 Å². The van der Waals surface area contributed by atoms with Crippen LogP contribution in [0.15, 0.2) is 61.2 Å². The number of aromatic nitrogens is 4. The van der Waals surface area contributed by atoms with Crippen LogP contribution in [-0.2, 0) is 0 Å². The lowest BCUT2D eigenvalue weighted by Gasteiger charge is -2.17. The van der Waals surface area contributed by atoms with Crippen LogP contribution in [0.5, 0.6) is 6.01 Å². The number of amides is 1. The molecule has 1 aromatic carbocycles. The third-order valence-electron chi connectivity index (χ3n) is 4.11. The third kappa shape index (κ3) is 3.35. The van der Waals surface area contributed by atoms with Crippen molar-refractivity contribution in [3.05, 3.63) is 66.7 Å². The number of rotatable bonds is 4. The van der Waals surface area contributed by atoms with E-state index in [2.05, 4.69) is 15.1 Å². The number of hydrogen-bond donors (Lipinski definition) is 0. The summed E-state index contributed by atoms with van der Waals surface area (Å²) >= 11 is 0. The number of carbonyl (C=O) groups excluding carboxylic acids is 1. The van der Waals surface area contributed by atoms with E-state index in [1.54, 1.807) is 34.2 Å². The summed E-state index contributed by atoms with van der Waals surface area (Å²) in [5, 5.41) is 4.20. The molecule has 1 aliphatic heterocycles. The minimum atomic E-state index is -0.0827. The zero-order valence-electron chi connectivity index (χ0n) is 13.5. The standard InChI is InChI=1S/C18H17N5O2/c24-17(14-4-1-5-15(12-14)23-10-3-9-21-23)22-11-6-16(13-22)25-18-19-7-2-8-20-18/h1-5,7-10,12,16H,6,11,13H2/t16-/m1/s1. The maximum absolute atomic E-state index is 12.8. The molecule has 2 aromatic heterocycles. The molecule has 7 nitrogen and oxygen atoms in total. The van der Waals surface area contributed by atoms with Gasteiger partial charge in [0.15, 0.2) is 0 Å². The van der Waals surface area contributed by atoms with E-state index in [0.29, 0.717) is 24.7 Å². The Morgan fingerprint density at radius 2 is 2.00 bits per heavy atom. The zero-order chi connectivity index (χ0) is 17.1. The molecule has 1 atom stereocenters. The smallest absolute Gasteiger partial charge is 0.316 e. The van der Waals surface area contributed by atoms with Crippen LogP contribution >= 0.6 is 0 Å². The molecule has 0 unspecified atom stereocenters. The minimum absolute atomic E-state index is 0.00548.